The SMILES string of the molecule is O=C(O)c1oc2ccccc2[n+]1-c1ccccc1. The van der Waals surface area contributed by atoms with Crippen molar-refractivity contribution in [1.82, 2.24) is 0 Å². The van der Waals surface area contributed by atoms with E-state index < -0.39 is 5.97 Å². The fraction of sp³-hybridized carbons (Fsp3) is 0. The van der Waals surface area contributed by atoms with E-state index in [-0.39, 0.29) is 5.89 Å². The van der Waals surface area contributed by atoms with Gasteiger partial charge in [-0.15, -0.1) is 4.57 Å². The minimum absolute atomic E-state index is 0.0950. The van der Waals surface area contributed by atoms with E-state index in [1.165, 1.54) is 0 Å². The van der Waals surface area contributed by atoms with E-state index in [9.17, 15) is 9.90 Å². The topological polar surface area (TPSA) is 54.3 Å². The Morgan fingerprint density at radius 2 is 1.67 bits per heavy atom. The molecule has 0 radical (unpaired) electrons. The number of aromatic nitrogens is 1. The van der Waals surface area contributed by atoms with Crippen LogP contribution in [0.5, 0.6) is 0 Å². The van der Waals surface area contributed by atoms with Gasteiger partial charge in [-0.25, -0.2) is 4.79 Å². The van der Waals surface area contributed by atoms with E-state index in [4.69, 9.17) is 4.42 Å². The Balaban J connectivity index is 2.38. The van der Waals surface area contributed by atoms with Crippen molar-refractivity contribution in [3.8, 4) is 5.69 Å². The average molecular weight is 240 g/mol. The molecule has 3 rings (SSSR count). The molecule has 4 nitrogen and oxygen atoms in total. The molecule has 4 heteroatoms. The Bertz CT molecular complexity index is 716. The summed E-state index contributed by atoms with van der Waals surface area (Å²) in [4.78, 5) is 11.3. The largest absolute Gasteiger partial charge is 0.471 e. The molecule has 0 bridgehead atoms. The normalized spacial score (nSPS) is 10.7. The number of oxazole rings is 1. The fourth-order valence-corrected chi connectivity index (χ4v) is 1.96. The lowest BCUT2D eigenvalue weighted by Crippen LogP contribution is -2.35. The van der Waals surface area contributed by atoms with Crippen molar-refractivity contribution in [2.45, 2.75) is 0 Å². The van der Waals surface area contributed by atoms with Crippen LogP contribution in [-0.4, -0.2) is 11.1 Å². The summed E-state index contributed by atoms with van der Waals surface area (Å²) in [5.74, 6) is -1.18. The first-order chi connectivity index (χ1) is 8.77. The summed E-state index contributed by atoms with van der Waals surface area (Å²) in [7, 11) is 0. The van der Waals surface area contributed by atoms with Crippen molar-refractivity contribution in [1.29, 1.82) is 0 Å². The fourth-order valence-electron chi connectivity index (χ4n) is 1.96. The van der Waals surface area contributed by atoms with Gasteiger partial charge in [0.2, 0.25) is 11.3 Å². The minimum Gasteiger partial charge on any atom is -0.471 e. The van der Waals surface area contributed by atoms with Gasteiger partial charge in [0.15, 0.2) is 0 Å². The number of aromatic carboxylic acids is 1. The van der Waals surface area contributed by atoms with Crippen molar-refractivity contribution in [2.24, 2.45) is 0 Å². The highest BCUT2D eigenvalue weighted by atomic mass is 16.4. The zero-order chi connectivity index (χ0) is 12.5. The summed E-state index contributed by atoms with van der Waals surface area (Å²) in [6.45, 7) is 0. The molecule has 0 saturated heterocycles. The number of carboxylic acid groups (broad SMARTS) is 1. The highest BCUT2D eigenvalue weighted by Gasteiger charge is 2.30. The second-order valence-corrected chi connectivity index (χ2v) is 3.85. The lowest BCUT2D eigenvalue weighted by molar-refractivity contribution is -0.576. The number of fused-ring (bicyclic) bond motifs is 1. The van der Waals surface area contributed by atoms with Crippen LogP contribution in [0.15, 0.2) is 59.0 Å². The number of hydrogen-bond acceptors (Lipinski definition) is 2. The smallest absolute Gasteiger partial charge is 0.468 e. The number of carboxylic acids is 1. The van der Waals surface area contributed by atoms with Gasteiger partial charge in [0.25, 0.3) is 5.52 Å². The molecule has 3 aromatic rings. The van der Waals surface area contributed by atoms with E-state index >= 15 is 0 Å². The maximum Gasteiger partial charge on any atom is 0.468 e. The number of para-hydroxylation sites is 3. The number of benzene rings is 2. The van der Waals surface area contributed by atoms with Crippen molar-refractivity contribution >= 4 is 17.1 Å². The van der Waals surface area contributed by atoms with Gasteiger partial charge in [0.05, 0.1) is 0 Å². The molecule has 0 amide bonds. The van der Waals surface area contributed by atoms with Crippen molar-refractivity contribution in [2.75, 3.05) is 0 Å². The standard InChI is InChI=1S/C14H9NO3/c16-14(17)13-15(10-6-2-1-3-7-10)11-8-4-5-9-12(11)18-13/h1-9H/p+1. The minimum atomic E-state index is -1.09. The van der Waals surface area contributed by atoms with Gasteiger partial charge in [0.1, 0.15) is 0 Å². The summed E-state index contributed by atoms with van der Waals surface area (Å²) in [6, 6.07) is 16.5. The summed E-state index contributed by atoms with van der Waals surface area (Å²) in [6.07, 6.45) is 0. The molecule has 0 fully saturated rings. The molecule has 18 heavy (non-hydrogen) atoms. The Morgan fingerprint density at radius 1 is 1.00 bits per heavy atom. The molecule has 0 aliphatic rings. The van der Waals surface area contributed by atoms with Crippen molar-refractivity contribution < 1.29 is 18.9 Å². The predicted octanol–water partition coefficient (Wildman–Crippen LogP) is 2.41. The predicted molar refractivity (Wildman–Crippen MR) is 64.7 cm³/mol. The Labute approximate surface area is 103 Å². The zero-order valence-corrected chi connectivity index (χ0v) is 9.41. The maximum absolute atomic E-state index is 11.3. The van der Waals surface area contributed by atoms with E-state index in [1.54, 1.807) is 10.6 Å². The van der Waals surface area contributed by atoms with E-state index in [0.29, 0.717) is 5.58 Å². The van der Waals surface area contributed by atoms with Gasteiger partial charge in [-0.05, 0) is 6.07 Å². The molecule has 0 aliphatic heterocycles. The van der Waals surface area contributed by atoms with Crippen LogP contribution in [0.25, 0.3) is 16.8 Å². The molecule has 0 atom stereocenters. The molecule has 1 aromatic heterocycles. The summed E-state index contributed by atoms with van der Waals surface area (Å²) in [5.41, 5.74) is 2.06. The quantitative estimate of drug-likeness (QED) is 0.700. The maximum atomic E-state index is 11.3. The zero-order valence-electron chi connectivity index (χ0n) is 9.41. The van der Waals surface area contributed by atoms with Crippen LogP contribution in [0.1, 0.15) is 10.7 Å². The third-order valence-corrected chi connectivity index (χ3v) is 2.71. The van der Waals surface area contributed by atoms with Gasteiger partial charge < -0.3 is 9.52 Å². The lowest BCUT2D eigenvalue weighted by Gasteiger charge is -1.92. The summed E-state index contributed by atoms with van der Waals surface area (Å²) >= 11 is 0. The first-order valence-electron chi connectivity index (χ1n) is 5.49. The van der Waals surface area contributed by atoms with Gasteiger partial charge >= 0.3 is 11.9 Å². The Kier molecular flexibility index (Phi) is 2.34. The Hall–Kier alpha value is -2.62. The van der Waals surface area contributed by atoms with Crippen LogP contribution < -0.4 is 4.57 Å². The van der Waals surface area contributed by atoms with Crippen molar-refractivity contribution in [3.63, 3.8) is 0 Å². The van der Waals surface area contributed by atoms with Crippen LogP contribution in [-0.2, 0) is 0 Å². The van der Waals surface area contributed by atoms with Crippen LogP contribution in [0, 0.1) is 0 Å². The third-order valence-electron chi connectivity index (χ3n) is 2.71. The molecule has 2 aromatic carbocycles. The molecule has 0 spiro atoms. The van der Waals surface area contributed by atoms with Gasteiger partial charge in [-0.2, -0.15) is 0 Å². The van der Waals surface area contributed by atoms with Crippen LogP contribution in [0.2, 0.25) is 0 Å². The third kappa shape index (κ3) is 1.55. The summed E-state index contributed by atoms with van der Waals surface area (Å²) in [5, 5.41) is 9.21. The second-order valence-electron chi connectivity index (χ2n) is 3.85. The number of hydrogen-bond donors (Lipinski definition) is 1. The molecule has 1 N–H and O–H groups in total. The monoisotopic (exact) mass is 240 g/mol. The van der Waals surface area contributed by atoms with Gasteiger partial charge in [0, 0.05) is 18.2 Å². The van der Waals surface area contributed by atoms with Crippen LogP contribution >= 0.6 is 0 Å². The Morgan fingerprint density at radius 3 is 2.39 bits per heavy atom. The molecule has 0 saturated carbocycles. The highest BCUT2D eigenvalue weighted by Crippen LogP contribution is 2.16. The number of nitrogens with zero attached hydrogens (tertiary/aromatic N) is 1. The van der Waals surface area contributed by atoms with E-state index in [1.807, 2.05) is 48.5 Å². The average Bonchev–Trinajstić information content (AvgIpc) is 2.79. The summed E-state index contributed by atoms with van der Waals surface area (Å²) < 4.78 is 6.97. The number of carbonyl (C=O) groups is 1. The lowest BCUT2D eigenvalue weighted by atomic mass is 10.3. The van der Waals surface area contributed by atoms with Gasteiger partial charge in [-0.3, -0.25) is 0 Å². The van der Waals surface area contributed by atoms with Gasteiger partial charge in [-0.1, -0.05) is 30.3 Å². The molecule has 88 valence electrons. The molecule has 0 unspecified atom stereocenters. The first kappa shape index (κ1) is 10.5. The molecular formula is C14H10NO3+. The van der Waals surface area contributed by atoms with Crippen molar-refractivity contribution in [3.05, 3.63) is 60.5 Å². The second kappa shape index (κ2) is 4.00. The number of rotatable bonds is 2. The first-order valence-corrected chi connectivity index (χ1v) is 5.49. The molecule has 1 heterocycles. The van der Waals surface area contributed by atoms with E-state index in [2.05, 4.69) is 0 Å². The van der Waals surface area contributed by atoms with Crippen LogP contribution in [0.3, 0.4) is 0 Å². The highest BCUT2D eigenvalue weighted by molar-refractivity contribution is 5.83. The molecular weight excluding hydrogens is 230 g/mol. The van der Waals surface area contributed by atoms with E-state index in [0.717, 1.165) is 11.2 Å². The molecule has 0 aliphatic carbocycles. The van der Waals surface area contributed by atoms with Crippen LogP contribution in [0.4, 0.5) is 0 Å².